The Kier molecular flexibility index (Phi) is 7.93. The van der Waals surface area contributed by atoms with Crippen LogP contribution in [-0.4, -0.2) is 22.2 Å². The van der Waals surface area contributed by atoms with Gasteiger partial charge >= 0.3 is 6.16 Å². The Morgan fingerprint density at radius 1 is 1.32 bits per heavy atom. The molecule has 0 saturated heterocycles. The first-order valence-electron chi connectivity index (χ1n) is 6.11. The second-order valence-electron chi connectivity index (χ2n) is 4.02. The molecule has 0 spiro atoms. The third-order valence-electron chi connectivity index (χ3n) is 2.59. The summed E-state index contributed by atoms with van der Waals surface area (Å²) in [5.74, 6) is 0.143. The smallest absolute Gasteiger partial charge is 0.450 e. The Balaban J connectivity index is 0.000000711. The van der Waals surface area contributed by atoms with Crippen molar-refractivity contribution >= 4 is 18.0 Å². The van der Waals surface area contributed by atoms with Crippen LogP contribution in [0.4, 0.5) is 4.79 Å². The van der Waals surface area contributed by atoms with Crippen LogP contribution in [0.5, 0.6) is 0 Å². The molecule has 0 aromatic heterocycles. The van der Waals surface area contributed by atoms with Crippen LogP contribution in [0.3, 0.4) is 0 Å². The molecular weight excluding hydrogens is 244 g/mol. The normalized spacial score (nSPS) is 9.16. The molecule has 0 fully saturated rings. The van der Waals surface area contributed by atoms with Gasteiger partial charge in [-0.3, -0.25) is 4.79 Å². The highest BCUT2D eigenvalue weighted by Gasteiger charge is 2.09. The van der Waals surface area contributed by atoms with Crippen molar-refractivity contribution in [3.8, 4) is 0 Å². The van der Waals surface area contributed by atoms with Crippen molar-refractivity contribution in [1.29, 1.82) is 0 Å². The third-order valence-corrected chi connectivity index (χ3v) is 2.59. The zero-order valence-corrected chi connectivity index (χ0v) is 11.3. The van der Waals surface area contributed by atoms with E-state index in [1.807, 2.05) is 24.3 Å². The van der Waals surface area contributed by atoms with Crippen molar-refractivity contribution in [2.45, 2.75) is 33.1 Å². The maximum absolute atomic E-state index is 11.5. The average Bonchev–Trinajstić information content (AvgIpc) is 2.34. The topological polar surface area (TPSA) is 74.6 Å². The molecule has 0 aliphatic heterocycles. The Hall–Kier alpha value is -2.10. The van der Waals surface area contributed by atoms with E-state index >= 15 is 0 Å². The van der Waals surface area contributed by atoms with Crippen LogP contribution in [0.2, 0.25) is 0 Å². The molecule has 0 bridgehead atoms. The lowest BCUT2D eigenvalue weighted by atomic mass is 9.94. The van der Waals surface area contributed by atoms with Gasteiger partial charge in [0.15, 0.2) is 5.78 Å². The second kappa shape index (κ2) is 8.91. The minimum atomic E-state index is -1.83. The van der Waals surface area contributed by atoms with Crippen LogP contribution in [0.15, 0.2) is 24.8 Å². The summed E-state index contributed by atoms with van der Waals surface area (Å²) in [7, 11) is 0. The van der Waals surface area contributed by atoms with Crippen LogP contribution in [-0.2, 0) is 6.42 Å². The molecule has 0 saturated carbocycles. The number of benzene rings is 1. The summed E-state index contributed by atoms with van der Waals surface area (Å²) >= 11 is 0. The van der Waals surface area contributed by atoms with Crippen molar-refractivity contribution in [3.05, 3.63) is 41.5 Å². The number of carbonyl (C=O) groups excluding carboxylic acids is 1. The van der Waals surface area contributed by atoms with Crippen LogP contribution < -0.4 is 0 Å². The van der Waals surface area contributed by atoms with E-state index in [1.54, 1.807) is 6.92 Å². The first-order valence-corrected chi connectivity index (χ1v) is 6.11. The van der Waals surface area contributed by atoms with Gasteiger partial charge in [-0.1, -0.05) is 44.2 Å². The fourth-order valence-corrected chi connectivity index (χ4v) is 1.76. The highest BCUT2D eigenvalue weighted by molar-refractivity contribution is 5.96. The number of hydrogen-bond donors (Lipinski definition) is 2. The van der Waals surface area contributed by atoms with E-state index in [4.69, 9.17) is 15.0 Å². The van der Waals surface area contributed by atoms with Crippen molar-refractivity contribution < 1.29 is 19.8 Å². The molecule has 1 aromatic carbocycles. The lowest BCUT2D eigenvalue weighted by Crippen LogP contribution is -2.02. The van der Waals surface area contributed by atoms with Gasteiger partial charge in [-0.15, -0.1) is 0 Å². The van der Waals surface area contributed by atoms with Crippen LogP contribution >= 0.6 is 0 Å². The molecule has 0 aliphatic rings. The minimum absolute atomic E-state index is 0.143. The maximum Gasteiger partial charge on any atom is 0.503 e. The predicted octanol–water partition coefficient (Wildman–Crippen LogP) is 4.10. The number of carboxylic acid groups (broad SMARTS) is 2. The van der Waals surface area contributed by atoms with Crippen molar-refractivity contribution in [2.24, 2.45) is 0 Å². The molecule has 2 N–H and O–H groups in total. The Bertz CT molecular complexity index is 445. The van der Waals surface area contributed by atoms with Gasteiger partial charge in [-0.05, 0) is 30.9 Å². The van der Waals surface area contributed by atoms with Gasteiger partial charge in [-0.2, -0.15) is 0 Å². The Morgan fingerprint density at radius 2 is 1.89 bits per heavy atom. The first kappa shape index (κ1) is 16.9. The molecule has 0 aliphatic carbocycles. The molecule has 0 unspecified atom stereocenters. The predicted molar refractivity (Wildman–Crippen MR) is 75.8 cm³/mol. The number of unbranched alkanes of at least 4 members (excludes halogenated alkanes) is 1. The number of Topliss-reactive ketones (excluding diaryl/α,β-unsaturated/α-hetero) is 1. The van der Waals surface area contributed by atoms with Gasteiger partial charge in [0.2, 0.25) is 0 Å². The van der Waals surface area contributed by atoms with Crippen molar-refractivity contribution in [3.63, 3.8) is 0 Å². The number of hydrogen-bond acceptors (Lipinski definition) is 2. The van der Waals surface area contributed by atoms with Gasteiger partial charge in [0.1, 0.15) is 0 Å². The molecule has 4 heteroatoms. The largest absolute Gasteiger partial charge is 0.503 e. The van der Waals surface area contributed by atoms with Gasteiger partial charge in [0.25, 0.3) is 0 Å². The van der Waals surface area contributed by atoms with Gasteiger partial charge < -0.3 is 10.2 Å². The monoisotopic (exact) mass is 264 g/mol. The van der Waals surface area contributed by atoms with Crippen molar-refractivity contribution in [1.82, 2.24) is 0 Å². The summed E-state index contributed by atoms with van der Waals surface area (Å²) in [4.78, 5) is 20.0. The Morgan fingerprint density at radius 3 is 2.32 bits per heavy atom. The van der Waals surface area contributed by atoms with E-state index in [-0.39, 0.29) is 5.78 Å². The quantitative estimate of drug-likeness (QED) is 0.785. The standard InChI is InChI=1S/C14H18O.CH2O3/c1-4-6-9-14-12(5-2)8-7-10-13(14)11(3)15;2-1(3)4/h5,7-8,10H,2,4,6,9H2,1,3H3;(H2,2,3,4). The lowest BCUT2D eigenvalue weighted by Gasteiger charge is -2.10. The van der Waals surface area contributed by atoms with Crippen LogP contribution in [0.1, 0.15) is 48.2 Å². The van der Waals surface area contributed by atoms with Gasteiger partial charge in [-0.25, -0.2) is 4.79 Å². The van der Waals surface area contributed by atoms with E-state index in [9.17, 15) is 4.79 Å². The molecule has 19 heavy (non-hydrogen) atoms. The molecule has 0 amide bonds. The highest BCUT2D eigenvalue weighted by atomic mass is 16.6. The zero-order valence-electron chi connectivity index (χ0n) is 11.3. The summed E-state index contributed by atoms with van der Waals surface area (Å²) in [6.45, 7) is 7.57. The summed E-state index contributed by atoms with van der Waals surface area (Å²) in [6, 6.07) is 5.84. The molecule has 0 heterocycles. The Labute approximate surface area is 113 Å². The SMILES string of the molecule is C=Cc1cccc(C(C)=O)c1CCCC.O=C(O)O. The van der Waals surface area contributed by atoms with Crippen LogP contribution in [0.25, 0.3) is 6.08 Å². The maximum atomic E-state index is 11.5. The zero-order chi connectivity index (χ0) is 14.8. The molecule has 1 rings (SSSR count). The van der Waals surface area contributed by atoms with E-state index in [0.717, 1.165) is 36.0 Å². The molecule has 104 valence electrons. The minimum Gasteiger partial charge on any atom is -0.450 e. The summed E-state index contributed by atoms with van der Waals surface area (Å²) < 4.78 is 0. The molecule has 0 radical (unpaired) electrons. The fraction of sp³-hybridized carbons (Fsp3) is 0.333. The summed E-state index contributed by atoms with van der Waals surface area (Å²) in [5.41, 5.74) is 3.10. The number of rotatable bonds is 5. The molecular formula is C15H20O4. The van der Waals surface area contributed by atoms with E-state index in [1.165, 1.54) is 0 Å². The van der Waals surface area contributed by atoms with Gasteiger partial charge in [0, 0.05) is 5.56 Å². The molecule has 0 atom stereocenters. The molecule has 4 nitrogen and oxygen atoms in total. The first-order chi connectivity index (χ1) is 8.93. The number of ketones is 1. The van der Waals surface area contributed by atoms with Gasteiger partial charge in [0.05, 0.1) is 0 Å². The van der Waals surface area contributed by atoms with Crippen LogP contribution in [0, 0.1) is 0 Å². The fourth-order valence-electron chi connectivity index (χ4n) is 1.76. The summed E-state index contributed by atoms with van der Waals surface area (Å²) in [6.07, 6.45) is 3.22. The van der Waals surface area contributed by atoms with E-state index in [0.29, 0.717) is 0 Å². The summed E-state index contributed by atoms with van der Waals surface area (Å²) in [5, 5.41) is 13.9. The highest BCUT2D eigenvalue weighted by Crippen LogP contribution is 2.19. The van der Waals surface area contributed by atoms with E-state index < -0.39 is 6.16 Å². The average molecular weight is 264 g/mol. The second-order valence-corrected chi connectivity index (χ2v) is 4.02. The van der Waals surface area contributed by atoms with Crippen molar-refractivity contribution in [2.75, 3.05) is 0 Å². The van der Waals surface area contributed by atoms with E-state index in [2.05, 4.69) is 13.5 Å². The third kappa shape index (κ3) is 6.41. The number of carbonyl (C=O) groups is 2. The molecule has 1 aromatic rings. The lowest BCUT2D eigenvalue weighted by molar-refractivity contribution is 0.101.